The zero-order valence-electron chi connectivity index (χ0n) is 12.2. The molecule has 1 fully saturated rings. The Labute approximate surface area is 131 Å². The zero-order valence-corrected chi connectivity index (χ0v) is 13.0. The molecule has 8 heteroatoms. The Morgan fingerprint density at radius 1 is 1.18 bits per heavy atom. The number of imidazole rings is 1. The van der Waals surface area contributed by atoms with Crippen LogP contribution >= 0.6 is 11.3 Å². The summed E-state index contributed by atoms with van der Waals surface area (Å²) in [6.07, 6.45) is 6.40. The summed E-state index contributed by atoms with van der Waals surface area (Å²) in [5, 5.41) is 10.9. The Balaban J connectivity index is 1.60. The second kappa shape index (κ2) is 4.99. The molecule has 1 aliphatic rings. The summed E-state index contributed by atoms with van der Waals surface area (Å²) in [5.41, 5.74) is 1.76. The Bertz CT molecular complexity index is 804. The van der Waals surface area contributed by atoms with E-state index in [1.54, 1.807) is 18.0 Å². The molecule has 0 aliphatic carbocycles. The van der Waals surface area contributed by atoms with E-state index in [1.807, 2.05) is 17.8 Å². The van der Waals surface area contributed by atoms with Gasteiger partial charge in [-0.3, -0.25) is 0 Å². The highest BCUT2D eigenvalue weighted by Crippen LogP contribution is 2.34. The first-order valence-electron chi connectivity index (χ1n) is 7.17. The van der Waals surface area contributed by atoms with Crippen LogP contribution in [0.2, 0.25) is 0 Å². The topological polar surface area (TPSA) is 80.0 Å². The maximum Gasteiger partial charge on any atom is 0.159 e. The Morgan fingerprint density at radius 2 is 2.00 bits per heavy atom. The van der Waals surface area contributed by atoms with Crippen LogP contribution in [-0.2, 0) is 12.6 Å². The molecule has 114 valence electrons. The smallest absolute Gasteiger partial charge is 0.159 e. The minimum absolute atomic E-state index is 0.619. The Hall–Kier alpha value is -2.06. The number of nitrogens with zero attached hydrogens (tertiary/aromatic N) is 6. The monoisotopic (exact) mass is 316 g/mol. The number of aryl methyl sites for hydroxylation is 1. The van der Waals surface area contributed by atoms with E-state index in [9.17, 15) is 5.11 Å². The highest BCUT2D eigenvalue weighted by Gasteiger charge is 2.37. The number of rotatable bonds is 2. The zero-order chi connectivity index (χ0) is 15.2. The second-order valence-corrected chi connectivity index (χ2v) is 6.42. The predicted molar refractivity (Wildman–Crippen MR) is 83.8 cm³/mol. The van der Waals surface area contributed by atoms with E-state index in [-0.39, 0.29) is 0 Å². The molecule has 0 unspecified atom stereocenters. The van der Waals surface area contributed by atoms with Crippen molar-refractivity contribution in [1.29, 1.82) is 0 Å². The predicted octanol–water partition coefficient (Wildman–Crippen LogP) is 1.31. The van der Waals surface area contributed by atoms with E-state index >= 15 is 0 Å². The summed E-state index contributed by atoms with van der Waals surface area (Å²) in [7, 11) is 1.91. The van der Waals surface area contributed by atoms with Crippen LogP contribution in [0.5, 0.6) is 0 Å². The summed E-state index contributed by atoms with van der Waals surface area (Å²) in [5.74, 6) is 1.58. The van der Waals surface area contributed by atoms with Crippen LogP contribution in [0.4, 0.5) is 5.82 Å². The molecule has 1 aliphatic heterocycles. The van der Waals surface area contributed by atoms with Gasteiger partial charge >= 0.3 is 0 Å². The summed E-state index contributed by atoms with van der Waals surface area (Å²) in [6, 6.07) is 0. The average Bonchev–Trinajstić information content (AvgIpc) is 3.16. The fraction of sp³-hybridized carbons (Fsp3) is 0.429. The molecule has 4 rings (SSSR count). The SMILES string of the molecule is Cn1ccnc1C1(O)CCN(c2ncnc3scnc23)CC1. The van der Waals surface area contributed by atoms with Gasteiger partial charge in [0, 0.05) is 45.4 Å². The molecule has 0 bridgehead atoms. The fourth-order valence-electron chi connectivity index (χ4n) is 3.04. The molecule has 0 amide bonds. The molecule has 1 N–H and O–H groups in total. The molecule has 0 aromatic carbocycles. The third-order valence-electron chi connectivity index (χ3n) is 4.24. The van der Waals surface area contributed by atoms with E-state index in [1.165, 1.54) is 11.3 Å². The van der Waals surface area contributed by atoms with Crippen LogP contribution in [-0.4, -0.2) is 42.7 Å². The molecule has 22 heavy (non-hydrogen) atoms. The van der Waals surface area contributed by atoms with Gasteiger partial charge in [0.15, 0.2) is 5.82 Å². The van der Waals surface area contributed by atoms with Gasteiger partial charge in [-0.1, -0.05) is 0 Å². The first kappa shape index (κ1) is 13.6. The van der Waals surface area contributed by atoms with Crippen LogP contribution in [0.25, 0.3) is 10.3 Å². The lowest BCUT2D eigenvalue weighted by molar-refractivity contribution is 0.000706. The second-order valence-electron chi connectivity index (χ2n) is 5.58. The largest absolute Gasteiger partial charge is 0.382 e. The van der Waals surface area contributed by atoms with Crippen LogP contribution in [0.15, 0.2) is 24.2 Å². The molecule has 7 nitrogen and oxygen atoms in total. The van der Waals surface area contributed by atoms with Gasteiger partial charge in [-0.25, -0.2) is 19.9 Å². The maximum absolute atomic E-state index is 10.9. The van der Waals surface area contributed by atoms with E-state index in [2.05, 4.69) is 24.8 Å². The van der Waals surface area contributed by atoms with Gasteiger partial charge in [-0.15, -0.1) is 11.3 Å². The lowest BCUT2D eigenvalue weighted by atomic mass is 9.90. The third-order valence-corrected chi connectivity index (χ3v) is 4.98. The first-order chi connectivity index (χ1) is 10.7. The van der Waals surface area contributed by atoms with Gasteiger partial charge in [0.25, 0.3) is 0 Å². The van der Waals surface area contributed by atoms with Crippen molar-refractivity contribution in [2.45, 2.75) is 18.4 Å². The Kier molecular flexibility index (Phi) is 3.08. The van der Waals surface area contributed by atoms with E-state index in [4.69, 9.17) is 0 Å². The summed E-state index contributed by atoms with van der Waals surface area (Å²) < 4.78 is 1.89. The van der Waals surface area contributed by atoms with Gasteiger partial charge < -0.3 is 14.6 Å². The van der Waals surface area contributed by atoms with Crippen LogP contribution in [0.3, 0.4) is 0 Å². The summed E-state index contributed by atoms with van der Waals surface area (Å²) >= 11 is 1.51. The third kappa shape index (κ3) is 2.06. The molecule has 0 spiro atoms. The number of aliphatic hydroxyl groups is 1. The van der Waals surface area contributed by atoms with Crippen LogP contribution in [0.1, 0.15) is 18.7 Å². The minimum atomic E-state index is -0.872. The molecule has 0 atom stereocenters. The molecule has 3 aromatic rings. The molecule has 1 saturated heterocycles. The molecule has 4 heterocycles. The molecular formula is C14H16N6OS. The summed E-state index contributed by atoms with van der Waals surface area (Å²) in [4.78, 5) is 20.4. The minimum Gasteiger partial charge on any atom is -0.382 e. The van der Waals surface area contributed by atoms with E-state index < -0.39 is 5.60 Å². The fourth-order valence-corrected chi connectivity index (χ4v) is 3.66. The number of anilines is 1. The van der Waals surface area contributed by atoms with E-state index in [0.29, 0.717) is 25.9 Å². The van der Waals surface area contributed by atoms with Crippen LogP contribution < -0.4 is 4.90 Å². The van der Waals surface area contributed by atoms with Gasteiger partial charge in [0.2, 0.25) is 0 Å². The highest BCUT2D eigenvalue weighted by molar-refractivity contribution is 7.16. The lowest BCUT2D eigenvalue weighted by Gasteiger charge is -2.38. The molecule has 3 aromatic heterocycles. The van der Waals surface area contributed by atoms with Gasteiger partial charge in [-0.05, 0) is 0 Å². The van der Waals surface area contributed by atoms with Gasteiger partial charge in [0.05, 0.1) is 5.51 Å². The van der Waals surface area contributed by atoms with Crippen molar-refractivity contribution in [1.82, 2.24) is 24.5 Å². The average molecular weight is 316 g/mol. The van der Waals surface area contributed by atoms with Crippen molar-refractivity contribution in [3.05, 3.63) is 30.1 Å². The van der Waals surface area contributed by atoms with Crippen molar-refractivity contribution in [3.8, 4) is 0 Å². The van der Waals surface area contributed by atoms with Crippen molar-refractivity contribution in [2.75, 3.05) is 18.0 Å². The number of fused-ring (bicyclic) bond motifs is 1. The van der Waals surface area contributed by atoms with Gasteiger partial charge in [0.1, 0.15) is 28.1 Å². The number of piperidine rings is 1. The van der Waals surface area contributed by atoms with Crippen molar-refractivity contribution < 1.29 is 5.11 Å². The van der Waals surface area contributed by atoms with Crippen molar-refractivity contribution in [2.24, 2.45) is 7.05 Å². The van der Waals surface area contributed by atoms with Crippen molar-refractivity contribution >= 4 is 27.5 Å². The maximum atomic E-state index is 10.9. The van der Waals surface area contributed by atoms with Crippen molar-refractivity contribution in [3.63, 3.8) is 0 Å². The summed E-state index contributed by atoms with van der Waals surface area (Å²) in [6.45, 7) is 1.43. The number of aromatic nitrogens is 5. The van der Waals surface area contributed by atoms with Gasteiger partial charge in [-0.2, -0.15) is 0 Å². The number of thiazole rings is 1. The first-order valence-corrected chi connectivity index (χ1v) is 8.05. The number of hydrogen-bond donors (Lipinski definition) is 1. The quantitative estimate of drug-likeness (QED) is 0.768. The molecular weight excluding hydrogens is 300 g/mol. The van der Waals surface area contributed by atoms with Crippen LogP contribution in [0, 0.1) is 0 Å². The number of hydrogen-bond acceptors (Lipinski definition) is 7. The Morgan fingerprint density at radius 3 is 2.73 bits per heavy atom. The highest BCUT2D eigenvalue weighted by atomic mass is 32.1. The lowest BCUT2D eigenvalue weighted by Crippen LogP contribution is -2.44. The standard InChI is InChI=1S/C14H16N6OS/c1-19-7-4-15-13(19)14(21)2-5-20(6-3-14)11-10-12(17-8-16-11)22-9-18-10/h4,7-9,21H,2-3,5-6H2,1H3. The normalized spacial score (nSPS) is 18.0. The molecule has 0 radical (unpaired) electrons. The van der Waals surface area contributed by atoms with E-state index in [0.717, 1.165) is 22.0 Å². The molecule has 0 saturated carbocycles.